The number of fused-ring (bicyclic) bond motifs is 7. The van der Waals surface area contributed by atoms with Crippen LogP contribution in [0.15, 0.2) is 11.1 Å². The van der Waals surface area contributed by atoms with E-state index in [2.05, 4.69) is 44.8 Å². The number of carbonyl (C=O) groups is 3. The fourth-order valence-electron chi connectivity index (χ4n) is 14.6. The summed E-state index contributed by atoms with van der Waals surface area (Å²) in [7, 11) is 0. The van der Waals surface area contributed by atoms with Crippen LogP contribution in [-0.4, -0.2) is 60.3 Å². The van der Waals surface area contributed by atoms with Crippen molar-refractivity contribution in [1.82, 2.24) is 10.2 Å². The molecule has 6 aliphatic carbocycles. The number of nitrogens with one attached hydrogen (secondary N) is 1. The van der Waals surface area contributed by atoms with Gasteiger partial charge in [0, 0.05) is 37.3 Å². The summed E-state index contributed by atoms with van der Waals surface area (Å²) in [5.74, 6) is 3.52. The van der Waals surface area contributed by atoms with Crippen LogP contribution in [0.2, 0.25) is 0 Å². The van der Waals surface area contributed by atoms with E-state index < -0.39 is 5.97 Å². The average Bonchev–Trinajstić information content (AvgIpc) is 3.37. The van der Waals surface area contributed by atoms with Crippen LogP contribution < -0.4 is 5.32 Å². The Morgan fingerprint density at radius 2 is 1.58 bits per heavy atom. The third kappa shape index (κ3) is 6.10. The molecule has 6 nitrogen and oxygen atoms in total. The van der Waals surface area contributed by atoms with E-state index in [-0.39, 0.29) is 23.2 Å². The molecule has 12 atom stereocenters. The number of Topliss-reactive ketones (excluding diaryl/α,β-unsaturated/α-hetero) is 2. The SMILES string of the molecule is CC(C)C1=C2C3CCC4C(C)(CCC5C(C)C(CC(=O)C6CC(C(=O)O)C6C)CCC54C)C3CCC2(CCNCCN2CCCCC2)CC1=O. The maximum atomic E-state index is 13.9. The van der Waals surface area contributed by atoms with E-state index in [4.69, 9.17) is 0 Å². The lowest BCUT2D eigenvalue weighted by molar-refractivity contribution is -0.172. The Balaban J connectivity index is 1.04. The van der Waals surface area contributed by atoms with Crippen molar-refractivity contribution in [2.45, 2.75) is 138 Å². The van der Waals surface area contributed by atoms with Gasteiger partial charge in [0.2, 0.25) is 0 Å². The first kappa shape index (κ1) is 36.8. The van der Waals surface area contributed by atoms with Crippen LogP contribution in [0, 0.1) is 75.4 Å². The number of carboxylic acid groups (broad SMARTS) is 1. The molecule has 2 N–H and O–H groups in total. The Morgan fingerprint density at radius 1 is 0.880 bits per heavy atom. The molecule has 0 aromatic carbocycles. The highest BCUT2D eigenvalue weighted by Gasteiger charge is 2.64. The Morgan fingerprint density at radius 3 is 2.28 bits per heavy atom. The number of hydrogen-bond donors (Lipinski definition) is 2. The molecule has 0 aromatic rings. The molecule has 12 unspecified atom stereocenters. The quantitative estimate of drug-likeness (QED) is 0.211. The molecule has 0 amide bonds. The van der Waals surface area contributed by atoms with Crippen LogP contribution in [0.5, 0.6) is 0 Å². The third-order valence-electron chi connectivity index (χ3n) is 17.3. The maximum absolute atomic E-state index is 13.9. The van der Waals surface area contributed by atoms with Gasteiger partial charge in [0.05, 0.1) is 5.92 Å². The van der Waals surface area contributed by atoms with Crippen LogP contribution in [0.4, 0.5) is 0 Å². The van der Waals surface area contributed by atoms with Crippen molar-refractivity contribution < 1.29 is 19.5 Å². The lowest BCUT2D eigenvalue weighted by atomic mass is 9.37. The first-order valence-electron chi connectivity index (χ1n) is 21.3. The number of likely N-dealkylation sites (tertiary alicyclic amines) is 1. The zero-order valence-electron chi connectivity index (χ0n) is 32.5. The largest absolute Gasteiger partial charge is 0.481 e. The number of hydrogen-bond acceptors (Lipinski definition) is 5. The number of nitrogens with zero attached hydrogens (tertiary/aromatic N) is 1. The van der Waals surface area contributed by atoms with E-state index in [0.717, 1.165) is 38.9 Å². The molecule has 7 rings (SSSR count). The van der Waals surface area contributed by atoms with Gasteiger partial charge in [-0.15, -0.1) is 0 Å². The number of aliphatic carboxylic acids is 1. The molecule has 1 aliphatic heterocycles. The number of ketones is 2. The smallest absolute Gasteiger partial charge is 0.306 e. The van der Waals surface area contributed by atoms with Gasteiger partial charge in [-0.05, 0) is 160 Å². The highest BCUT2D eigenvalue weighted by Crippen LogP contribution is 2.72. The molecule has 0 spiro atoms. The summed E-state index contributed by atoms with van der Waals surface area (Å²) in [5, 5.41) is 13.3. The van der Waals surface area contributed by atoms with Crippen molar-refractivity contribution >= 4 is 17.5 Å². The van der Waals surface area contributed by atoms with E-state index in [0.29, 0.717) is 76.7 Å². The molecule has 1 heterocycles. The van der Waals surface area contributed by atoms with E-state index in [1.807, 2.05) is 6.92 Å². The van der Waals surface area contributed by atoms with Crippen LogP contribution in [0.1, 0.15) is 138 Å². The normalized spacial score (nSPS) is 44.6. The second-order valence-corrected chi connectivity index (χ2v) is 19.8. The second-order valence-electron chi connectivity index (χ2n) is 19.8. The van der Waals surface area contributed by atoms with Gasteiger partial charge >= 0.3 is 5.97 Å². The van der Waals surface area contributed by atoms with Gasteiger partial charge in [-0.1, -0.05) is 53.5 Å². The molecular weight excluding hydrogens is 620 g/mol. The van der Waals surface area contributed by atoms with Crippen molar-refractivity contribution in [1.29, 1.82) is 0 Å². The van der Waals surface area contributed by atoms with Crippen LogP contribution in [0.3, 0.4) is 0 Å². The summed E-state index contributed by atoms with van der Waals surface area (Å²) < 4.78 is 0. The third-order valence-corrected chi connectivity index (χ3v) is 17.3. The van der Waals surface area contributed by atoms with Crippen LogP contribution in [0.25, 0.3) is 0 Å². The van der Waals surface area contributed by atoms with Gasteiger partial charge in [0.15, 0.2) is 5.78 Å². The van der Waals surface area contributed by atoms with Gasteiger partial charge in [0.1, 0.15) is 5.78 Å². The topological polar surface area (TPSA) is 86.7 Å². The molecule has 280 valence electrons. The molecule has 1 saturated heterocycles. The van der Waals surface area contributed by atoms with Crippen molar-refractivity contribution in [3.63, 3.8) is 0 Å². The zero-order chi connectivity index (χ0) is 35.6. The highest BCUT2D eigenvalue weighted by molar-refractivity contribution is 6.00. The van der Waals surface area contributed by atoms with E-state index in [1.165, 1.54) is 82.9 Å². The molecule has 6 heteroatoms. The highest BCUT2D eigenvalue weighted by atomic mass is 16.4. The Labute approximate surface area is 303 Å². The predicted octanol–water partition coefficient (Wildman–Crippen LogP) is 8.58. The molecule has 5 saturated carbocycles. The minimum absolute atomic E-state index is 0.0221. The summed E-state index contributed by atoms with van der Waals surface area (Å²) in [4.78, 5) is 41.5. The van der Waals surface area contributed by atoms with Crippen molar-refractivity contribution in [3.8, 4) is 0 Å². The first-order valence-corrected chi connectivity index (χ1v) is 21.3. The maximum Gasteiger partial charge on any atom is 0.306 e. The molecule has 6 fully saturated rings. The van der Waals surface area contributed by atoms with E-state index in [1.54, 1.807) is 5.57 Å². The van der Waals surface area contributed by atoms with Crippen LogP contribution >= 0.6 is 0 Å². The van der Waals surface area contributed by atoms with Crippen LogP contribution in [-0.2, 0) is 14.4 Å². The van der Waals surface area contributed by atoms with Crippen molar-refractivity contribution in [2.75, 3.05) is 32.7 Å². The molecule has 0 bridgehead atoms. The molecule has 7 aliphatic rings. The fraction of sp³-hybridized carbons (Fsp3) is 0.886. The van der Waals surface area contributed by atoms with E-state index >= 15 is 0 Å². The second kappa shape index (κ2) is 14.0. The predicted molar refractivity (Wildman–Crippen MR) is 199 cm³/mol. The summed E-state index contributed by atoms with van der Waals surface area (Å²) in [6.07, 6.45) is 17.0. The summed E-state index contributed by atoms with van der Waals surface area (Å²) >= 11 is 0. The van der Waals surface area contributed by atoms with Gasteiger partial charge in [0.25, 0.3) is 0 Å². The van der Waals surface area contributed by atoms with Crippen molar-refractivity contribution in [3.05, 3.63) is 11.1 Å². The molecular formula is C44H70N2O4. The Hall–Kier alpha value is -1.53. The first-order chi connectivity index (χ1) is 23.8. The number of carbonyl (C=O) groups excluding carboxylic acids is 2. The zero-order valence-corrected chi connectivity index (χ0v) is 32.5. The monoisotopic (exact) mass is 691 g/mol. The number of allylic oxidation sites excluding steroid dienone is 2. The van der Waals surface area contributed by atoms with Gasteiger partial charge in [-0.3, -0.25) is 14.4 Å². The van der Waals surface area contributed by atoms with Gasteiger partial charge < -0.3 is 15.3 Å². The minimum Gasteiger partial charge on any atom is -0.481 e. The number of carboxylic acids is 1. The lowest BCUT2D eigenvalue weighted by Crippen LogP contribution is -2.60. The minimum atomic E-state index is -0.737. The van der Waals surface area contributed by atoms with Gasteiger partial charge in [-0.25, -0.2) is 0 Å². The molecule has 0 aromatic heterocycles. The molecule has 0 radical (unpaired) electrons. The standard InChI is InChI=1S/C44H70N2O4/c1-27(2)39-37(48)26-44(18-19-45-20-23-46-21-8-7-9-22-46)17-14-35-31(40(39)44)10-11-38-42(5)15-12-30(28(3)34(42)13-16-43(35,38)6)24-36(47)32-25-33(29(32)4)41(49)50/h27-35,38,45H,7-26H2,1-6H3,(H,49,50). The lowest BCUT2D eigenvalue weighted by Gasteiger charge is -2.67. The summed E-state index contributed by atoms with van der Waals surface area (Å²) in [6.45, 7) is 20.0. The van der Waals surface area contributed by atoms with E-state index in [9.17, 15) is 19.5 Å². The average molecular weight is 691 g/mol. The summed E-state index contributed by atoms with van der Waals surface area (Å²) in [6, 6.07) is 0. The van der Waals surface area contributed by atoms with Crippen molar-refractivity contribution in [2.24, 2.45) is 75.4 Å². The number of piperidine rings is 1. The Kier molecular flexibility index (Phi) is 10.3. The molecule has 50 heavy (non-hydrogen) atoms. The fourth-order valence-corrected chi connectivity index (χ4v) is 14.6. The Bertz CT molecular complexity index is 1350. The summed E-state index contributed by atoms with van der Waals surface area (Å²) in [5.41, 5.74) is 3.54. The van der Waals surface area contributed by atoms with Gasteiger partial charge in [-0.2, -0.15) is 0 Å². The number of rotatable bonds is 11.